The van der Waals surface area contributed by atoms with E-state index in [0.29, 0.717) is 13.0 Å². The number of nitrogens with one attached hydrogen (secondary N) is 1. The molecule has 0 bridgehead atoms. The lowest BCUT2D eigenvalue weighted by Crippen LogP contribution is -2.43. The molecule has 1 aliphatic rings. The van der Waals surface area contributed by atoms with Crippen LogP contribution in [-0.2, 0) is 0 Å². The van der Waals surface area contributed by atoms with E-state index in [0.717, 1.165) is 12.8 Å². The van der Waals surface area contributed by atoms with E-state index in [1.54, 1.807) is 0 Å². The molecule has 0 saturated carbocycles. The number of rotatable bonds is 4. The second-order valence-corrected chi connectivity index (χ2v) is 3.70. The van der Waals surface area contributed by atoms with E-state index in [9.17, 15) is 15.3 Å². The van der Waals surface area contributed by atoms with Crippen molar-refractivity contribution in [3.05, 3.63) is 0 Å². The first kappa shape index (κ1) is 10.9. The van der Waals surface area contributed by atoms with Crippen LogP contribution in [0.1, 0.15) is 26.2 Å². The molecule has 4 N–H and O–H groups in total. The van der Waals surface area contributed by atoms with E-state index < -0.39 is 18.3 Å². The summed E-state index contributed by atoms with van der Waals surface area (Å²) in [5.74, 6) is 0. The minimum Gasteiger partial charge on any atom is -0.391 e. The van der Waals surface area contributed by atoms with Crippen molar-refractivity contribution in [2.45, 2.75) is 50.5 Å². The quantitative estimate of drug-likeness (QED) is 0.468. The zero-order chi connectivity index (χ0) is 9.84. The van der Waals surface area contributed by atoms with Gasteiger partial charge in [-0.3, -0.25) is 0 Å². The van der Waals surface area contributed by atoms with Gasteiger partial charge in [-0.25, -0.2) is 0 Å². The largest absolute Gasteiger partial charge is 0.391 e. The summed E-state index contributed by atoms with van der Waals surface area (Å²) in [6.45, 7) is 2.43. The van der Waals surface area contributed by atoms with Crippen molar-refractivity contribution in [3.63, 3.8) is 0 Å². The lowest BCUT2D eigenvalue weighted by molar-refractivity contribution is 0.00422. The Morgan fingerprint density at radius 1 is 1.46 bits per heavy atom. The standard InChI is InChI=1S/C9H19NO3/c1-2-3-4-6(11)8-9(13)7(12)5-10-8/h6-13H,2-5H2,1H3/t6-,7+,8+,9-/m1/s1. The van der Waals surface area contributed by atoms with Crippen molar-refractivity contribution in [1.82, 2.24) is 5.32 Å². The maximum Gasteiger partial charge on any atom is 0.0989 e. The molecule has 4 nitrogen and oxygen atoms in total. The van der Waals surface area contributed by atoms with Crippen molar-refractivity contribution in [1.29, 1.82) is 0 Å². The van der Waals surface area contributed by atoms with E-state index >= 15 is 0 Å². The third-order valence-corrected chi connectivity index (χ3v) is 2.59. The van der Waals surface area contributed by atoms with Gasteiger partial charge in [0, 0.05) is 6.54 Å². The number of unbranched alkanes of at least 4 members (excludes halogenated alkanes) is 1. The molecule has 0 aromatic rings. The van der Waals surface area contributed by atoms with Gasteiger partial charge in [-0.05, 0) is 6.42 Å². The molecule has 1 aliphatic heterocycles. The smallest absolute Gasteiger partial charge is 0.0989 e. The monoisotopic (exact) mass is 189 g/mol. The van der Waals surface area contributed by atoms with E-state index in [1.807, 2.05) is 0 Å². The molecule has 0 aliphatic carbocycles. The van der Waals surface area contributed by atoms with Crippen LogP contribution in [0.4, 0.5) is 0 Å². The van der Waals surface area contributed by atoms with Gasteiger partial charge in [0.1, 0.15) is 0 Å². The number of aliphatic hydroxyl groups excluding tert-OH is 3. The molecule has 1 heterocycles. The van der Waals surface area contributed by atoms with Gasteiger partial charge in [-0.2, -0.15) is 0 Å². The Kier molecular flexibility index (Phi) is 4.12. The first-order valence-corrected chi connectivity index (χ1v) is 4.94. The Morgan fingerprint density at radius 3 is 2.62 bits per heavy atom. The summed E-state index contributed by atoms with van der Waals surface area (Å²) in [5.41, 5.74) is 0. The molecule has 0 spiro atoms. The average molecular weight is 189 g/mol. The summed E-state index contributed by atoms with van der Waals surface area (Å²) in [6.07, 6.45) is 0.544. The summed E-state index contributed by atoms with van der Waals surface area (Å²) in [6, 6.07) is -0.360. The third kappa shape index (κ3) is 2.64. The van der Waals surface area contributed by atoms with E-state index in [4.69, 9.17) is 0 Å². The van der Waals surface area contributed by atoms with Gasteiger partial charge in [-0.15, -0.1) is 0 Å². The molecular weight excluding hydrogens is 170 g/mol. The van der Waals surface area contributed by atoms with Gasteiger partial charge in [0.15, 0.2) is 0 Å². The molecule has 1 fully saturated rings. The van der Waals surface area contributed by atoms with Crippen LogP contribution in [0.2, 0.25) is 0 Å². The summed E-state index contributed by atoms with van der Waals surface area (Å²) in [7, 11) is 0. The normalized spacial score (nSPS) is 36.5. The Morgan fingerprint density at radius 2 is 2.15 bits per heavy atom. The van der Waals surface area contributed by atoms with Gasteiger partial charge >= 0.3 is 0 Å². The van der Waals surface area contributed by atoms with Gasteiger partial charge in [-0.1, -0.05) is 19.8 Å². The highest BCUT2D eigenvalue weighted by molar-refractivity contribution is 4.94. The topological polar surface area (TPSA) is 72.7 Å². The Balaban J connectivity index is 2.34. The maximum atomic E-state index is 9.63. The Bertz CT molecular complexity index is 154. The summed E-state index contributed by atoms with van der Waals surface area (Å²) in [5, 5.41) is 31.2. The highest BCUT2D eigenvalue weighted by Crippen LogP contribution is 2.15. The van der Waals surface area contributed by atoms with Gasteiger partial charge in [0.2, 0.25) is 0 Å². The van der Waals surface area contributed by atoms with Gasteiger partial charge in [0.25, 0.3) is 0 Å². The molecule has 0 unspecified atom stereocenters. The number of hydrogen-bond donors (Lipinski definition) is 4. The highest BCUT2D eigenvalue weighted by atomic mass is 16.3. The summed E-state index contributed by atoms with van der Waals surface area (Å²) in [4.78, 5) is 0. The predicted octanol–water partition coefficient (Wildman–Crippen LogP) is -0.769. The van der Waals surface area contributed by atoms with Gasteiger partial charge in [0.05, 0.1) is 24.4 Å². The van der Waals surface area contributed by atoms with Crippen molar-refractivity contribution in [3.8, 4) is 0 Å². The van der Waals surface area contributed by atoms with E-state index in [2.05, 4.69) is 12.2 Å². The molecule has 4 heteroatoms. The second-order valence-electron chi connectivity index (χ2n) is 3.70. The van der Waals surface area contributed by atoms with Crippen LogP contribution in [0.5, 0.6) is 0 Å². The number of β-amino-alcohol motifs (C(OH)–C–C–N with tert-alkyl or cyclic N) is 1. The maximum absolute atomic E-state index is 9.63. The first-order valence-electron chi connectivity index (χ1n) is 4.94. The van der Waals surface area contributed by atoms with Crippen LogP contribution in [0.15, 0.2) is 0 Å². The van der Waals surface area contributed by atoms with E-state index in [-0.39, 0.29) is 6.04 Å². The molecule has 13 heavy (non-hydrogen) atoms. The SMILES string of the molecule is CCCC[C@@H](O)[C@@H]1NC[C@H](O)[C@H]1O. The van der Waals surface area contributed by atoms with Crippen LogP contribution in [0.25, 0.3) is 0 Å². The van der Waals surface area contributed by atoms with E-state index in [1.165, 1.54) is 0 Å². The summed E-state index contributed by atoms with van der Waals surface area (Å²) < 4.78 is 0. The minimum absolute atomic E-state index is 0.360. The van der Waals surface area contributed by atoms with Crippen LogP contribution >= 0.6 is 0 Å². The second kappa shape index (κ2) is 4.91. The van der Waals surface area contributed by atoms with Crippen molar-refractivity contribution < 1.29 is 15.3 Å². The molecule has 0 aromatic heterocycles. The number of aliphatic hydroxyl groups is 3. The zero-order valence-corrected chi connectivity index (χ0v) is 7.98. The van der Waals surface area contributed by atoms with Crippen LogP contribution in [0, 0.1) is 0 Å². The Labute approximate surface area is 78.6 Å². The molecule has 0 amide bonds. The molecule has 0 radical (unpaired) electrons. The molecule has 0 aromatic carbocycles. The summed E-state index contributed by atoms with van der Waals surface area (Å²) >= 11 is 0. The Hall–Kier alpha value is -0.160. The highest BCUT2D eigenvalue weighted by Gasteiger charge is 2.36. The lowest BCUT2D eigenvalue weighted by atomic mass is 10.0. The fourth-order valence-electron chi connectivity index (χ4n) is 1.69. The molecular formula is C9H19NO3. The van der Waals surface area contributed by atoms with Gasteiger partial charge < -0.3 is 20.6 Å². The average Bonchev–Trinajstić information content (AvgIpc) is 2.44. The lowest BCUT2D eigenvalue weighted by Gasteiger charge is -2.21. The molecule has 1 rings (SSSR count). The van der Waals surface area contributed by atoms with Crippen LogP contribution < -0.4 is 5.32 Å². The zero-order valence-electron chi connectivity index (χ0n) is 7.98. The molecule has 4 atom stereocenters. The number of hydrogen-bond acceptors (Lipinski definition) is 4. The third-order valence-electron chi connectivity index (χ3n) is 2.59. The van der Waals surface area contributed by atoms with Crippen LogP contribution in [-0.4, -0.2) is 46.2 Å². The fraction of sp³-hybridized carbons (Fsp3) is 1.00. The first-order chi connectivity index (χ1) is 6.16. The molecule has 1 saturated heterocycles. The van der Waals surface area contributed by atoms with Crippen molar-refractivity contribution in [2.24, 2.45) is 0 Å². The predicted molar refractivity (Wildman–Crippen MR) is 49.3 cm³/mol. The van der Waals surface area contributed by atoms with Crippen molar-refractivity contribution in [2.75, 3.05) is 6.54 Å². The van der Waals surface area contributed by atoms with Crippen molar-refractivity contribution >= 4 is 0 Å². The fourth-order valence-corrected chi connectivity index (χ4v) is 1.69. The minimum atomic E-state index is -0.827. The molecule has 78 valence electrons. The van der Waals surface area contributed by atoms with Crippen LogP contribution in [0.3, 0.4) is 0 Å².